The van der Waals surface area contributed by atoms with Crippen molar-refractivity contribution in [2.45, 2.75) is 6.92 Å². The molecule has 1 heterocycles. The molecule has 1 N–H and O–H groups in total. The van der Waals surface area contributed by atoms with Gasteiger partial charge in [0.05, 0.1) is 0 Å². The van der Waals surface area contributed by atoms with Crippen LogP contribution < -0.4 is 15.7 Å². The van der Waals surface area contributed by atoms with E-state index in [-0.39, 0.29) is 18.3 Å². The SMILES string of the molecule is CC(=O)c1cccc(NC(=O)COc2ccc3ccc(=O)oc3c2)c1. The molecule has 126 valence electrons. The van der Waals surface area contributed by atoms with Gasteiger partial charge >= 0.3 is 5.63 Å². The van der Waals surface area contributed by atoms with Gasteiger partial charge in [0, 0.05) is 28.8 Å². The molecule has 25 heavy (non-hydrogen) atoms. The summed E-state index contributed by atoms with van der Waals surface area (Å²) in [5.41, 5.74) is 0.974. The number of carbonyl (C=O) groups is 2. The fraction of sp³-hybridized carbons (Fsp3) is 0.105. The van der Waals surface area contributed by atoms with Gasteiger partial charge in [0.1, 0.15) is 11.3 Å². The van der Waals surface area contributed by atoms with Crippen molar-refractivity contribution in [1.29, 1.82) is 0 Å². The quantitative estimate of drug-likeness (QED) is 0.571. The van der Waals surface area contributed by atoms with E-state index in [0.717, 1.165) is 5.39 Å². The standard InChI is InChI=1S/C19H15NO5/c1-12(21)14-3-2-4-15(9-14)20-18(22)11-24-16-7-5-13-6-8-19(23)25-17(13)10-16/h2-10H,11H2,1H3,(H,20,22). The van der Waals surface area contributed by atoms with E-state index in [1.807, 2.05) is 0 Å². The Hall–Kier alpha value is -3.41. The van der Waals surface area contributed by atoms with Crippen LogP contribution in [0.3, 0.4) is 0 Å². The highest BCUT2D eigenvalue weighted by Gasteiger charge is 2.07. The molecule has 0 unspecified atom stereocenters. The van der Waals surface area contributed by atoms with Crippen molar-refractivity contribution in [1.82, 2.24) is 0 Å². The zero-order chi connectivity index (χ0) is 17.8. The van der Waals surface area contributed by atoms with E-state index in [2.05, 4.69) is 5.32 Å². The molecule has 0 spiro atoms. The minimum absolute atomic E-state index is 0.0787. The third-order valence-corrected chi connectivity index (χ3v) is 3.52. The Morgan fingerprint density at radius 1 is 1.08 bits per heavy atom. The number of carbonyl (C=O) groups excluding carboxylic acids is 2. The van der Waals surface area contributed by atoms with Gasteiger partial charge in [-0.3, -0.25) is 9.59 Å². The Bertz CT molecular complexity index is 1010. The monoisotopic (exact) mass is 337 g/mol. The molecule has 0 aliphatic heterocycles. The fourth-order valence-electron chi connectivity index (χ4n) is 2.29. The molecule has 0 saturated carbocycles. The topological polar surface area (TPSA) is 85.6 Å². The van der Waals surface area contributed by atoms with Crippen LogP contribution in [-0.2, 0) is 4.79 Å². The van der Waals surface area contributed by atoms with Gasteiger partial charge in [0.25, 0.3) is 5.91 Å². The van der Waals surface area contributed by atoms with Crippen molar-refractivity contribution in [3.63, 3.8) is 0 Å². The molecule has 3 aromatic rings. The smallest absolute Gasteiger partial charge is 0.336 e. The van der Waals surface area contributed by atoms with Gasteiger partial charge in [-0.2, -0.15) is 0 Å². The molecule has 6 heteroatoms. The van der Waals surface area contributed by atoms with E-state index in [9.17, 15) is 14.4 Å². The first-order chi connectivity index (χ1) is 12.0. The Morgan fingerprint density at radius 2 is 1.88 bits per heavy atom. The number of fused-ring (bicyclic) bond motifs is 1. The molecular weight excluding hydrogens is 322 g/mol. The first-order valence-corrected chi connectivity index (χ1v) is 7.59. The third-order valence-electron chi connectivity index (χ3n) is 3.52. The molecule has 0 radical (unpaired) electrons. The highest BCUT2D eigenvalue weighted by atomic mass is 16.5. The second kappa shape index (κ2) is 7.00. The number of ether oxygens (including phenoxy) is 1. The first-order valence-electron chi connectivity index (χ1n) is 7.59. The lowest BCUT2D eigenvalue weighted by molar-refractivity contribution is -0.118. The number of nitrogens with one attached hydrogen (secondary N) is 1. The van der Waals surface area contributed by atoms with Crippen LogP contribution in [0.2, 0.25) is 0 Å². The molecule has 1 aromatic heterocycles. The summed E-state index contributed by atoms with van der Waals surface area (Å²) in [5, 5.41) is 3.43. The number of ketones is 1. The summed E-state index contributed by atoms with van der Waals surface area (Å²) >= 11 is 0. The Labute approximate surface area is 143 Å². The molecular formula is C19H15NO5. The maximum atomic E-state index is 12.0. The average molecular weight is 337 g/mol. The van der Waals surface area contributed by atoms with Crippen molar-refractivity contribution in [2.24, 2.45) is 0 Å². The van der Waals surface area contributed by atoms with Crippen LogP contribution in [0, 0.1) is 0 Å². The van der Waals surface area contributed by atoms with Crippen LogP contribution in [0.1, 0.15) is 17.3 Å². The van der Waals surface area contributed by atoms with Crippen LogP contribution in [-0.4, -0.2) is 18.3 Å². The second-order valence-electron chi connectivity index (χ2n) is 5.43. The van der Waals surface area contributed by atoms with Crippen molar-refractivity contribution >= 4 is 28.3 Å². The lowest BCUT2D eigenvalue weighted by Crippen LogP contribution is -2.20. The number of amides is 1. The van der Waals surface area contributed by atoms with E-state index < -0.39 is 5.63 Å². The molecule has 0 fully saturated rings. The Balaban J connectivity index is 1.65. The molecule has 3 rings (SSSR count). The van der Waals surface area contributed by atoms with Crippen LogP contribution in [0.25, 0.3) is 11.0 Å². The number of anilines is 1. The summed E-state index contributed by atoms with van der Waals surface area (Å²) in [4.78, 5) is 34.6. The van der Waals surface area contributed by atoms with E-state index in [1.54, 1.807) is 48.5 Å². The predicted octanol–water partition coefficient (Wildman–Crippen LogP) is 3.01. The lowest BCUT2D eigenvalue weighted by atomic mass is 10.1. The van der Waals surface area contributed by atoms with E-state index in [0.29, 0.717) is 22.6 Å². The number of benzene rings is 2. The third kappa shape index (κ3) is 4.11. The largest absolute Gasteiger partial charge is 0.484 e. The highest BCUT2D eigenvalue weighted by Crippen LogP contribution is 2.19. The van der Waals surface area contributed by atoms with Crippen LogP contribution >= 0.6 is 0 Å². The van der Waals surface area contributed by atoms with Crippen molar-refractivity contribution in [3.05, 3.63) is 70.6 Å². The predicted molar refractivity (Wildman–Crippen MR) is 93.1 cm³/mol. The van der Waals surface area contributed by atoms with E-state index in [4.69, 9.17) is 9.15 Å². The maximum Gasteiger partial charge on any atom is 0.336 e. The zero-order valence-corrected chi connectivity index (χ0v) is 13.4. The highest BCUT2D eigenvalue weighted by molar-refractivity contribution is 5.97. The van der Waals surface area contributed by atoms with Gasteiger partial charge in [-0.15, -0.1) is 0 Å². The van der Waals surface area contributed by atoms with Crippen molar-refractivity contribution < 1.29 is 18.7 Å². The number of Topliss-reactive ketones (excluding diaryl/α,β-unsaturated/α-hetero) is 1. The van der Waals surface area contributed by atoms with Gasteiger partial charge in [0.2, 0.25) is 0 Å². The Morgan fingerprint density at radius 3 is 2.68 bits per heavy atom. The van der Waals surface area contributed by atoms with Crippen LogP contribution in [0.4, 0.5) is 5.69 Å². The summed E-state index contributed by atoms with van der Waals surface area (Å²) in [6.07, 6.45) is 0. The summed E-state index contributed by atoms with van der Waals surface area (Å²) in [5.74, 6) is -0.0326. The van der Waals surface area contributed by atoms with Gasteiger partial charge in [-0.1, -0.05) is 12.1 Å². The summed E-state index contributed by atoms with van der Waals surface area (Å²) < 4.78 is 10.5. The molecule has 1 amide bonds. The number of hydrogen-bond donors (Lipinski definition) is 1. The van der Waals surface area contributed by atoms with Gasteiger partial charge in [0.15, 0.2) is 12.4 Å². The van der Waals surface area contributed by atoms with Crippen LogP contribution in [0.5, 0.6) is 5.75 Å². The molecule has 0 saturated heterocycles. The van der Waals surface area contributed by atoms with Crippen LogP contribution in [0.15, 0.2) is 63.8 Å². The average Bonchev–Trinajstić information content (AvgIpc) is 2.59. The Kier molecular flexibility index (Phi) is 4.61. The summed E-state index contributed by atoms with van der Waals surface area (Å²) in [6, 6.07) is 14.6. The van der Waals surface area contributed by atoms with Crippen molar-refractivity contribution in [2.75, 3.05) is 11.9 Å². The van der Waals surface area contributed by atoms with Crippen molar-refractivity contribution in [3.8, 4) is 5.75 Å². The van der Waals surface area contributed by atoms with Gasteiger partial charge in [-0.25, -0.2) is 4.79 Å². The first kappa shape index (κ1) is 16.4. The molecule has 2 aromatic carbocycles. The number of hydrogen-bond acceptors (Lipinski definition) is 5. The molecule has 0 atom stereocenters. The van der Waals surface area contributed by atoms with Gasteiger partial charge < -0.3 is 14.5 Å². The molecule has 0 bridgehead atoms. The summed E-state index contributed by atoms with van der Waals surface area (Å²) in [7, 11) is 0. The minimum Gasteiger partial charge on any atom is -0.484 e. The zero-order valence-electron chi connectivity index (χ0n) is 13.4. The fourth-order valence-corrected chi connectivity index (χ4v) is 2.29. The molecule has 6 nitrogen and oxygen atoms in total. The maximum absolute atomic E-state index is 12.0. The lowest BCUT2D eigenvalue weighted by Gasteiger charge is -2.08. The summed E-state index contributed by atoms with van der Waals surface area (Å²) in [6.45, 7) is 1.25. The molecule has 0 aliphatic rings. The minimum atomic E-state index is -0.451. The normalized spacial score (nSPS) is 10.4. The van der Waals surface area contributed by atoms with E-state index in [1.165, 1.54) is 13.0 Å². The number of rotatable bonds is 5. The molecule has 0 aliphatic carbocycles. The van der Waals surface area contributed by atoms with Gasteiger partial charge in [-0.05, 0) is 37.3 Å². The second-order valence-corrected chi connectivity index (χ2v) is 5.43. The van der Waals surface area contributed by atoms with E-state index >= 15 is 0 Å².